The van der Waals surface area contributed by atoms with Crippen LogP contribution in [0.1, 0.15) is 0 Å². The lowest BCUT2D eigenvalue weighted by atomic mass is 10.3. The highest BCUT2D eigenvalue weighted by Gasteiger charge is 1.83. The fourth-order valence-electron chi connectivity index (χ4n) is 0.540. The molecule has 0 bridgehead atoms. The van der Waals surface area contributed by atoms with Crippen molar-refractivity contribution >= 4 is 0 Å². The number of nitrogens with zero attached hydrogens (tertiary/aromatic N) is 1. The van der Waals surface area contributed by atoms with Crippen molar-refractivity contribution in [3.05, 3.63) is 24.4 Å². The Bertz CT molecular complexity index is 125. The van der Waals surface area contributed by atoms with Gasteiger partial charge >= 0.3 is 0 Å². The molecule has 1 N–H and O–H groups in total. The summed E-state index contributed by atoms with van der Waals surface area (Å²) in [6.07, 6.45) is 3.98. The predicted octanol–water partition coefficient (Wildman–Crippen LogP) is 0.837. The van der Waals surface area contributed by atoms with Crippen LogP contribution in [0.5, 0.6) is 0 Å². The minimum absolute atomic E-state index is 0.852. The third-order valence-corrected chi connectivity index (χ3v) is 1.01. The van der Waals surface area contributed by atoms with Gasteiger partial charge in [-0.3, -0.25) is 0 Å². The first kappa shape index (κ1) is 9.24. The zero-order chi connectivity index (χ0) is 7.98. The summed E-state index contributed by atoms with van der Waals surface area (Å²) in [6.45, 7) is 4.69. The minimum atomic E-state index is 0.852. The van der Waals surface area contributed by atoms with E-state index in [1.807, 2.05) is 38.3 Å². The molecule has 0 aliphatic carbocycles. The van der Waals surface area contributed by atoms with Gasteiger partial charge in [0.25, 0.3) is 0 Å². The van der Waals surface area contributed by atoms with Crippen molar-refractivity contribution in [2.45, 2.75) is 0 Å². The van der Waals surface area contributed by atoms with E-state index in [0.29, 0.717) is 0 Å². The van der Waals surface area contributed by atoms with Gasteiger partial charge in [0, 0.05) is 20.6 Å². The first-order valence-electron chi connectivity index (χ1n) is 3.34. The molecule has 2 nitrogen and oxygen atoms in total. The normalized spacial score (nSPS) is 10.3. The van der Waals surface area contributed by atoms with E-state index in [1.165, 1.54) is 0 Å². The molecule has 2 heteroatoms. The zero-order valence-electron chi connectivity index (χ0n) is 7.02. The number of hydrogen-bond donors (Lipinski definition) is 1. The van der Waals surface area contributed by atoms with E-state index in [1.54, 1.807) is 0 Å². The summed E-state index contributed by atoms with van der Waals surface area (Å²) in [7, 11) is 5.89. The van der Waals surface area contributed by atoms with Crippen LogP contribution in [0.15, 0.2) is 24.4 Å². The molecule has 0 saturated heterocycles. The fourth-order valence-corrected chi connectivity index (χ4v) is 0.540. The zero-order valence-corrected chi connectivity index (χ0v) is 7.02. The van der Waals surface area contributed by atoms with Crippen LogP contribution in [0.4, 0.5) is 0 Å². The van der Waals surface area contributed by atoms with Crippen LogP contribution in [0.3, 0.4) is 0 Å². The lowest BCUT2D eigenvalue weighted by molar-refractivity contribution is 0.563. The highest BCUT2D eigenvalue weighted by molar-refractivity contribution is 5.14. The lowest BCUT2D eigenvalue weighted by Gasteiger charge is -2.03. The Kier molecular flexibility index (Phi) is 4.67. The molecule has 0 atom stereocenters. The Balaban J connectivity index is 3.56. The van der Waals surface area contributed by atoms with Crippen molar-refractivity contribution in [2.75, 3.05) is 27.7 Å². The largest absolute Gasteiger partial charge is 0.383 e. The van der Waals surface area contributed by atoms with Crippen LogP contribution in [0, 0.1) is 0 Å². The molecule has 58 valence electrons. The van der Waals surface area contributed by atoms with Gasteiger partial charge in [-0.2, -0.15) is 0 Å². The van der Waals surface area contributed by atoms with E-state index >= 15 is 0 Å². The van der Waals surface area contributed by atoms with Gasteiger partial charge in [-0.15, -0.1) is 0 Å². The topological polar surface area (TPSA) is 15.3 Å². The van der Waals surface area contributed by atoms with Crippen LogP contribution < -0.4 is 5.32 Å². The SMILES string of the molecule is C=C(/C=C\N(C)C)CNC. The highest BCUT2D eigenvalue weighted by Crippen LogP contribution is 1.90. The summed E-state index contributed by atoms with van der Waals surface area (Å²) < 4.78 is 0. The second kappa shape index (κ2) is 5.06. The predicted molar refractivity (Wildman–Crippen MR) is 45.9 cm³/mol. The molecule has 0 aliphatic heterocycles. The van der Waals surface area contributed by atoms with Crippen LogP contribution in [0.2, 0.25) is 0 Å². The monoisotopic (exact) mass is 140 g/mol. The molecule has 0 rings (SSSR count). The van der Waals surface area contributed by atoms with Gasteiger partial charge in [-0.1, -0.05) is 6.58 Å². The molecule has 0 saturated carbocycles. The summed E-state index contributed by atoms with van der Waals surface area (Å²) in [6, 6.07) is 0. The van der Waals surface area contributed by atoms with Gasteiger partial charge in [0.05, 0.1) is 0 Å². The summed E-state index contributed by atoms with van der Waals surface area (Å²) >= 11 is 0. The van der Waals surface area contributed by atoms with Crippen LogP contribution in [0.25, 0.3) is 0 Å². The van der Waals surface area contributed by atoms with E-state index in [0.717, 1.165) is 12.1 Å². The first-order chi connectivity index (χ1) is 4.66. The standard InChI is InChI=1S/C8H16N2/c1-8(7-9-2)5-6-10(3)4/h5-6,9H,1,7H2,2-4H3/b6-5-. The summed E-state index contributed by atoms with van der Waals surface area (Å²) in [5.74, 6) is 0. The molecule has 0 amide bonds. The van der Waals surface area contributed by atoms with E-state index < -0.39 is 0 Å². The molecule has 0 heterocycles. The average Bonchev–Trinajstić information content (AvgIpc) is 1.85. The quantitative estimate of drug-likeness (QED) is 0.582. The van der Waals surface area contributed by atoms with Gasteiger partial charge in [-0.25, -0.2) is 0 Å². The number of rotatable bonds is 4. The Morgan fingerprint density at radius 2 is 2.20 bits per heavy atom. The molecular weight excluding hydrogens is 124 g/mol. The van der Waals surface area contributed by atoms with Gasteiger partial charge in [-0.05, 0) is 24.9 Å². The number of hydrogen-bond acceptors (Lipinski definition) is 2. The molecule has 0 aromatic carbocycles. The maximum Gasteiger partial charge on any atom is 0.0197 e. The molecule has 0 aromatic rings. The van der Waals surface area contributed by atoms with E-state index in [2.05, 4.69) is 11.9 Å². The fraction of sp³-hybridized carbons (Fsp3) is 0.500. The van der Waals surface area contributed by atoms with Crippen LogP contribution in [-0.4, -0.2) is 32.6 Å². The molecule has 10 heavy (non-hydrogen) atoms. The van der Waals surface area contributed by atoms with Crippen molar-refractivity contribution in [2.24, 2.45) is 0 Å². The third-order valence-electron chi connectivity index (χ3n) is 1.01. The minimum Gasteiger partial charge on any atom is -0.383 e. The van der Waals surface area contributed by atoms with Crippen LogP contribution in [-0.2, 0) is 0 Å². The van der Waals surface area contributed by atoms with E-state index in [9.17, 15) is 0 Å². The Labute approximate surface area is 63.2 Å². The average molecular weight is 140 g/mol. The van der Waals surface area contributed by atoms with Gasteiger partial charge in [0.1, 0.15) is 0 Å². The van der Waals surface area contributed by atoms with Crippen molar-refractivity contribution < 1.29 is 0 Å². The van der Waals surface area contributed by atoms with Crippen molar-refractivity contribution in [3.8, 4) is 0 Å². The van der Waals surface area contributed by atoms with E-state index in [4.69, 9.17) is 0 Å². The Morgan fingerprint density at radius 3 is 2.60 bits per heavy atom. The Hall–Kier alpha value is -0.760. The molecule has 0 spiro atoms. The molecule has 0 radical (unpaired) electrons. The molecule has 0 unspecified atom stereocenters. The molecular formula is C8H16N2. The summed E-state index contributed by atoms with van der Waals surface area (Å²) in [5.41, 5.74) is 1.09. The highest BCUT2D eigenvalue weighted by atomic mass is 15.0. The summed E-state index contributed by atoms with van der Waals surface area (Å²) in [5, 5.41) is 3.02. The third kappa shape index (κ3) is 5.38. The van der Waals surface area contributed by atoms with Crippen molar-refractivity contribution in [1.82, 2.24) is 10.2 Å². The number of likely N-dealkylation sites (N-methyl/N-ethyl adjacent to an activating group) is 1. The summed E-state index contributed by atoms with van der Waals surface area (Å²) in [4.78, 5) is 1.99. The van der Waals surface area contributed by atoms with Gasteiger partial charge in [0.2, 0.25) is 0 Å². The smallest absolute Gasteiger partial charge is 0.0197 e. The lowest BCUT2D eigenvalue weighted by Crippen LogP contribution is -2.09. The molecule has 0 fully saturated rings. The first-order valence-corrected chi connectivity index (χ1v) is 3.34. The van der Waals surface area contributed by atoms with E-state index in [-0.39, 0.29) is 0 Å². The second-order valence-electron chi connectivity index (χ2n) is 2.47. The Morgan fingerprint density at radius 1 is 1.60 bits per heavy atom. The van der Waals surface area contributed by atoms with Gasteiger partial charge in [0.15, 0.2) is 0 Å². The molecule has 0 aliphatic rings. The van der Waals surface area contributed by atoms with Crippen LogP contribution >= 0.6 is 0 Å². The molecule has 0 aromatic heterocycles. The number of nitrogens with one attached hydrogen (secondary N) is 1. The maximum atomic E-state index is 3.84. The van der Waals surface area contributed by atoms with Gasteiger partial charge < -0.3 is 10.2 Å². The van der Waals surface area contributed by atoms with Crippen molar-refractivity contribution in [1.29, 1.82) is 0 Å². The van der Waals surface area contributed by atoms with Crippen molar-refractivity contribution in [3.63, 3.8) is 0 Å². The second-order valence-corrected chi connectivity index (χ2v) is 2.47. The maximum absolute atomic E-state index is 3.84.